The predicted molar refractivity (Wildman–Crippen MR) is 76.6 cm³/mol. The van der Waals surface area contributed by atoms with Crippen LogP contribution in [0.1, 0.15) is 64.7 Å². The zero-order chi connectivity index (χ0) is 11.2. The van der Waals surface area contributed by atoms with Crippen LogP contribution in [0.5, 0.6) is 0 Å². The maximum Gasteiger partial charge on any atom is 2.00 e. The van der Waals surface area contributed by atoms with Gasteiger partial charge in [0.15, 0.2) is 0 Å². The summed E-state index contributed by atoms with van der Waals surface area (Å²) in [6, 6.07) is 0. The number of rotatable bonds is 10. The van der Waals surface area contributed by atoms with Crippen LogP contribution in [-0.2, 0) is 0 Å². The van der Waals surface area contributed by atoms with Gasteiger partial charge in [-0.05, 0) is 19.3 Å². The van der Waals surface area contributed by atoms with Gasteiger partial charge in [0.1, 0.15) is 0 Å². The molecule has 0 aliphatic carbocycles. The number of hydrogen-bond acceptors (Lipinski definition) is 0. The van der Waals surface area contributed by atoms with Gasteiger partial charge in [-0.2, -0.15) is 6.42 Å². The van der Waals surface area contributed by atoms with Crippen molar-refractivity contribution in [3.05, 3.63) is 31.2 Å². The SMILES string of the molecule is [CH2-]CCCCCCCC/C=C\C=C/CC.[Cl-].[Mg+2]. The number of allylic oxidation sites excluding steroid dienone is 4. The van der Waals surface area contributed by atoms with Crippen molar-refractivity contribution < 1.29 is 12.4 Å². The van der Waals surface area contributed by atoms with Gasteiger partial charge in [-0.15, -0.1) is 0 Å². The summed E-state index contributed by atoms with van der Waals surface area (Å²) in [6.07, 6.45) is 20.5. The van der Waals surface area contributed by atoms with Gasteiger partial charge in [-0.3, -0.25) is 0 Å². The second-order valence-corrected chi connectivity index (χ2v) is 4.03. The van der Waals surface area contributed by atoms with Gasteiger partial charge < -0.3 is 19.3 Å². The molecule has 0 bridgehead atoms. The molecule has 0 heterocycles. The smallest absolute Gasteiger partial charge is 1.00 e. The van der Waals surface area contributed by atoms with E-state index in [1.54, 1.807) is 0 Å². The second kappa shape index (κ2) is 21.8. The fourth-order valence-electron chi connectivity index (χ4n) is 1.54. The molecule has 0 atom stereocenters. The van der Waals surface area contributed by atoms with E-state index in [2.05, 4.69) is 38.2 Å². The van der Waals surface area contributed by atoms with Crippen molar-refractivity contribution in [2.24, 2.45) is 0 Å². The summed E-state index contributed by atoms with van der Waals surface area (Å²) < 4.78 is 0. The zero-order valence-corrected chi connectivity index (χ0v) is 13.6. The average Bonchev–Trinajstić information content (AvgIpc) is 2.26. The van der Waals surface area contributed by atoms with Crippen molar-refractivity contribution in [3.8, 4) is 0 Å². The molecular formula is C15H27ClMg. The van der Waals surface area contributed by atoms with E-state index in [4.69, 9.17) is 0 Å². The van der Waals surface area contributed by atoms with E-state index in [1.807, 2.05) is 0 Å². The van der Waals surface area contributed by atoms with Crippen molar-refractivity contribution in [2.45, 2.75) is 64.7 Å². The molecule has 0 aromatic heterocycles. The Kier molecular flexibility index (Phi) is 29.1. The standard InChI is InChI=1S/C15H27.ClH.Mg/c1-3-5-7-9-11-13-15-14-12-10-8-6-4-2;;/h6,8,10,12H,1,3-5,7,9,11,13-15H2,2H3;1H;/q-1;;+2/p-1/b8-6-,12-10-;;. The van der Waals surface area contributed by atoms with E-state index in [0.29, 0.717) is 0 Å². The molecule has 2 heteroatoms. The van der Waals surface area contributed by atoms with E-state index in [-0.39, 0.29) is 35.5 Å². The maximum absolute atomic E-state index is 3.85. The Balaban J connectivity index is -0.000000980. The van der Waals surface area contributed by atoms with Gasteiger partial charge in [-0.1, -0.05) is 63.3 Å². The van der Waals surface area contributed by atoms with Gasteiger partial charge in [0, 0.05) is 0 Å². The number of unbranched alkanes of at least 4 members (excludes halogenated alkanes) is 7. The Hall–Kier alpha value is 0.536. The summed E-state index contributed by atoms with van der Waals surface area (Å²) in [5, 5.41) is 0. The van der Waals surface area contributed by atoms with Crippen LogP contribution in [0.15, 0.2) is 24.3 Å². The summed E-state index contributed by atoms with van der Waals surface area (Å²) in [5.74, 6) is 0. The van der Waals surface area contributed by atoms with Crippen molar-refractivity contribution in [2.75, 3.05) is 0 Å². The Morgan fingerprint density at radius 1 is 0.824 bits per heavy atom. The van der Waals surface area contributed by atoms with E-state index in [0.717, 1.165) is 12.8 Å². The van der Waals surface area contributed by atoms with Gasteiger partial charge in [0.2, 0.25) is 0 Å². The Morgan fingerprint density at radius 2 is 1.35 bits per heavy atom. The maximum atomic E-state index is 3.85. The molecule has 96 valence electrons. The van der Waals surface area contributed by atoms with Crippen molar-refractivity contribution in [1.82, 2.24) is 0 Å². The summed E-state index contributed by atoms with van der Waals surface area (Å²) in [6.45, 7) is 6.02. The molecular weight excluding hydrogens is 240 g/mol. The first-order chi connectivity index (χ1) is 7.41. The van der Waals surface area contributed by atoms with Gasteiger partial charge in [0.25, 0.3) is 0 Å². The molecule has 0 nitrogen and oxygen atoms in total. The molecule has 0 spiro atoms. The van der Waals surface area contributed by atoms with Crippen LogP contribution in [0.2, 0.25) is 0 Å². The molecule has 0 aromatic rings. The van der Waals surface area contributed by atoms with Crippen LogP contribution in [0.4, 0.5) is 0 Å². The van der Waals surface area contributed by atoms with Crippen LogP contribution in [0.25, 0.3) is 0 Å². The van der Waals surface area contributed by atoms with Crippen LogP contribution in [0, 0.1) is 6.92 Å². The molecule has 0 saturated carbocycles. The molecule has 0 aromatic carbocycles. The molecule has 17 heavy (non-hydrogen) atoms. The Morgan fingerprint density at radius 3 is 1.94 bits per heavy atom. The van der Waals surface area contributed by atoms with E-state index < -0.39 is 0 Å². The first-order valence-electron chi connectivity index (χ1n) is 6.52. The minimum absolute atomic E-state index is 0. The summed E-state index contributed by atoms with van der Waals surface area (Å²) in [4.78, 5) is 0. The average molecular weight is 267 g/mol. The van der Waals surface area contributed by atoms with Crippen molar-refractivity contribution >= 4 is 23.1 Å². The van der Waals surface area contributed by atoms with Crippen LogP contribution in [-0.4, -0.2) is 23.1 Å². The topological polar surface area (TPSA) is 0 Å². The first-order valence-corrected chi connectivity index (χ1v) is 6.52. The third kappa shape index (κ3) is 22.2. The van der Waals surface area contributed by atoms with E-state index in [1.165, 1.54) is 44.9 Å². The quantitative estimate of drug-likeness (QED) is 0.246. The minimum atomic E-state index is 0. The summed E-state index contributed by atoms with van der Waals surface area (Å²) >= 11 is 0. The predicted octanol–water partition coefficient (Wildman–Crippen LogP) is 2.09. The van der Waals surface area contributed by atoms with E-state index >= 15 is 0 Å². The van der Waals surface area contributed by atoms with Crippen LogP contribution >= 0.6 is 0 Å². The molecule has 0 rings (SSSR count). The number of hydrogen-bond donors (Lipinski definition) is 0. The summed E-state index contributed by atoms with van der Waals surface area (Å²) in [5.41, 5.74) is 0. The molecule has 0 saturated heterocycles. The van der Waals surface area contributed by atoms with Gasteiger partial charge in [0.05, 0.1) is 0 Å². The van der Waals surface area contributed by atoms with Crippen molar-refractivity contribution in [1.29, 1.82) is 0 Å². The molecule has 0 fully saturated rings. The third-order valence-electron chi connectivity index (χ3n) is 2.49. The van der Waals surface area contributed by atoms with E-state index in [9.17, 15) is 0 Å². The third-order valence-corrected chi connectivity index (χ3v) is 2.49. The molecule has 0 radical (unpaired) electrons. The second-order valence-electron chi connectivity index (χ2n) is 4.03. The van der Waals surface area contributed by atoms with Gasteiger partial charge >= 0.3 is 23.1 Å². The number of halogens is 1. The first kappa shape index (κ1) is 22.7. The van der Waals surface area contributed by atoms with Crippen molar-refractivity contribution in [3.63, 3.8) is 0 Å². The largest absolute Gasteiger partial charge is 2.00 e. The normalized spacial score (nSPS) is 10.5. The zero-order valence-electron chi connectivity index (χ0n) is 11.5. The Labute approximate surface area is 131 Å². The van der Waals surface area contributed by atoms with Crippen LogP contribution < -0.4 is 12.4 Å². The van der Waals surface area contributed by atoms with Gasteiger partial charge in [-0.25, -0.2) is 0 Å². The molecule has 0 aliphatic heterocycles. The fourth-order valence-corrected chi connectivity index (χ4v) is 1.54. The molecule has 0 aliphatic rings. The van der Waals surface area contributed by atoms with Crippen LogP contribution in [0.3, 0.4) is 0 Å². The molecule has 0 unspecified atom stereocenters. The monoisotopic (exact) mass is 266 g/mol. The summed E-state index contributed by atoms with van der Waals surface area (Å²) in [7, 11) is 0. The fraction of sp³-hybridized carbons (Fsp3) is 0.667. The minimum Gasteiger partial charge on any atom is -1.00 e. The molecule has 0 amide bonds. The molecule has 0 N–H and O–H groups in total. The Bertz CT molecular complexity index is 164.